The van der Waals surface area contributed by atoms with Gasteiger partial charge in [0.05, 0.1) is 5.69 Å². The van der Waals surface area contributed by atoms with Crippen molar-refractivity contribution in [2.45, 2.75) is 19.3 Å². The lowest BCUT2D eigenvalue weighted by Crippen LogP contribution is -2.48. The molecule has 2 N–H and O–H groups in total. The second-order valence-electron chi connectivity index (χ2n) is 6.65. The van der Waals surface area contributed by atoms with Gasteiger partial charge in [0.2, 0.25) is 0 Å². The minimum Gasteiger partial charge on any atom is -0.375 e. The molecule has 0 radical (unpaired) electrons. The average Bonchev–Trinajstić information content (AvgIpc) is 2.96. The normalized spacial score (nSPS) is 22.1. The van der Waals surface area contributed by atoms with Crippen LogP contribution in [0.1, 0.15) is 17.0 Å². The predicted octanol–water partition coefficient (Wildman–Crippen LogP) is 2.65. The molecule has 23 heavy (non-hydrogen) atoms. The van der Waals surface area contributed by atoms with Gasteiger partial charge in [-0.05, 0) is 37.3 Å². The summed E-state index contributed by atoms with van der Waals surface area (Å²) in [6, 6.07) is 10.8. The van der Waals surface area contributed by atoms with Gasteiger partial charge < -0.3 is 10.6 Å². The second-order valence-corrected chi connectivity index (χ2v) is 7.77. The van der Waals surface area contributed by atoms with Crippen molar-refractivity contribution < 1.29 is 0 Å². The first-order valence-corrected chi connectivity index (χ1v) is 9.36. The van der Waals surface area contributed by atoms with E-state index in [-0.39, 0.29) is 0 Å². The predicted molar refractivity (Wildman–Crippen MR) is 97.1 cm³/mol. The number of aryl methyl sites for hydroxylation is 1. The van der Waals surface area contributed by atoms with Crippen LogP contribution in [0, 0.1) is 5.92 Å². The van der Waals surface area contributed by atoms with Crippen LogP contribution in [0.3, 0.4) is 0 Å². The summed E-state index contributed by atoms with van der Waals surface area (Å²) in [5.41, 5.74) is 8.47. The number of piperazine rings is 1. The zero-order valence-electron chi connectivity index (χ0n) is 13.4. The number of hydrogen-bond acceptors (Lipinski definition) is 5. The van der Waals surface area contributed by atoms with Crippen LogP contribution in [0.25, 0.3) is 0 Å². The second kappa shape index (κ2) is 6.49. The van der Waals surface area contributed by atoms with E-state index in [2.05, 4.69) is 45.1 Å². The Morgan fingerprint density at radius 1 is 1.13 bits per heavy atom. The number of fused-ring (bicyclic) bond motifs is 1. The number of anilines is 2. The highest BCUT2D eigenvalue weighted by atomic mass is 32.1. The standard InChI is InChI=1S/C18H24N4S/c19-18-20-16-7-6-14(12-17(16)23-18)13-21-8-10-22(11-9-21)15-4-2-1-3-5-15/h1-5,14H,6-13H2,(H2,19,20). The lowest BCUT2D eigenvalue weighted by Gasteiger charge is -2.38. The van der Waals surface area contributed by atoms with Crippen LogP contribution < -0.4 is 10.6 Å². The summed E-state index contributed by atoms with van der Waals surface area (Å²) in [6.07, 6.45) is 3.54. The van der Waals surface area contributed by atoms with Gasteiger partial charge in [0.15, 0.2) is 5.13 Å². The van der Waals surface area contributed by atoms with Crippen molar-refractivity contribution >= 4 is 22.2 Å². The third-order valence-electron chi connectivity index (χ3n) is 5.07. The van der Waals surface area contributed by atoms with Gasteiger partial charge in [-0.25, -0.2) is 4.98 Å². The molecule has 1 atom stereocenters. The third-order valence-corrected chi connectivity index (χ3v) is 6.02. The molecule has 0 amide bonds. The van der Waals surface area contributed by atoms with E-state index >= 15 is 0 Å². The Morgan fingerprint density at radius 3 is 2.70 bits per heavy atom. The molecule has 122 valence electrons. The molecule has 1 aromatic heterocycles. The first-order chi connectivity index (χ1) is 11.3. The fraction of sp³-hybridized carbons (Fsp3) is 0.500. The topological polar surface area (TPSA) is 45.4 Å². The molecule has 0 saturated carbocycles. The van der Waals surface area contributed by atoms with Crippen molar-refractivity contribution in [3.05, 3.63) is 40.9 Å². The summed E-state index contributed by atoms with van der Waals surface area (Å²) < 4.78 is 0. The van der Waals surface area contributed by atoms with Gasteiger partial charge >= 0.3 is 0 Å². The Balaban J connectivity index is 1.30. The zero-order valence-corrected chi connectivity index (χ0v) is 14.3. The van der Waals surface area contributed by atoms with Crippen LogP contribution in [0.2, 0.25) is 0 Å². The van der Waals surface area contributed by atoms with Crippen LogP contribution in [-0.4, -0.2) is 42.6 Å². The van der Waals surface area contributed by atoms with E-state index in [9.17, 15) is 0 Å². The summed E-state index contributed by atoms with van der Waals surface area (Å²) in [6.45, 7) is 5.83. The number of para-hydroxylation sites is 1. The van der Waals surface area contributed by atoms with Gasteiger partial charge in [-0.15, -0.1) is 11.3 Å². The van der Waals surface area contributed by atoms with Gasteiger partial charge in [0.1, 0.15) is 0 Å². The number of nitrogens with two attached hydrogens (primary N) is 1. The molecule has 1 unspecified atom stereocenters. The molecule has 1 saturated heterocycles. The maximum atomic E-state index is 5.85. The maximum absolute atomic E-state index is 5.85. The van der Waals surface area contributed by atoms with Gasteiger partial charge in [-0.2, -0.15) is 0 Å². The largest absolute Gasteiger partial charge is 0.375 e. The van der Waals surface area contributed by atoms with Crippen LogP contribution in [0.15, 0.2) is 30.3 Å². The SMILES string of the molecule is Nc1nc2c(s1)CC(CN1CCN(c3ccccc3)CC1)CC2. The highest BCUT2D eigenvalue weighted by molar-refractivity contribution is 7.15. The van der Waals surface area contributed by atoms with Crippen LogP contribution in [0.4, 0.5) is 10.8 Å². The monoisotopic (exact) mass is 328 g/mol. The third kappa shape index (κ3) is 3.35. The molecular formula is C18H24N4S. The van der Waals surface area contributed by atoms with E-state index in [0.29, 0.717) is 0 Å². The van der Waals surface area contributed by atoms with Gasteiger partial charge in [-0.3, -0.25) is 4.90 Å². The molecular weight excluding hydrogens is 304 g/mol. The quantitative estimate of drug-likeness (QED) is 0.941. The first kappa shape index (κ1) is 15.0. The van der Waals surface area contributed by atoms with Crippen molar-refractivity contribution in [3.63, 3.8) is 0 Å². The van der Waals surface area contributed by atoms with Crippen molar-refractivity contribution in [2.75, 3.05) is 43.4 Å². The Bertz CT molecular complexity index is 646. The van der Waals surface area contributed by atoms with Crippen molar-refractivity contribution in [2.24, 2.45) is 5.92 Å². The van der Waals surface area contributed by atoms with E-state index in [1.165, 1.54) is 48.7 Å². The number of hydrogen-bond donors (Lipinski definition) is 1. The van der Waals surface area contributed by atoms with E-state index in [4.69, 9.17) is 5.73 Å². The summed E-state index contributed by atoms with van der Waals surface area (Å²) in [5.74, 6) is 0.769. The fourth-order valence-corrected chi connectivity index (χ4v) is 4.80. The van der Waals surface area contributed by atoms with Crippen molar-refractivity contribution in [3.8, 4) is 0 Å². The van der Waals surface area contributed by atoms with Crippen LogP contribution in [0.5, 0.6) is 0 Å². The Morgan fingerprint density at radius 2 is 1.91 bits per heavy atom. The lowest BCUT2D eigenvalue weighted by atomic mass is 9.90. The number of rotatable bonds is 3. The molecule has 2 aromatic rings. The molecule has 2 heterocycles. The molecule has 5 heteroatoms. The molecule has 4 nitrogen and oxygen atoms in total. The van der Waals surface area contributed by atoms with Gasteiger partial charge in [0, 0.05) is 43.3 Å². The number of thiazole rings is 1. The van der Waals surface area contributed by atoms with E-state index in [0.717, 1.165) is 30.6 Å². The van der Waals surface area contributed by atoms with Gasteiger partial charge in [-0.1, -0.05) is 18.2 Å². The first-order valence-electron chi connectivity index (χ1n) is 8.54. The molecule has 1 aliphatic heterocycles. The minimum absolute atomic E-state index is 0.743. The van der Waals surface area contributed by atoms with Crippen molar-refractivity contribution in [1.29, 1.82) is 0 Å². The summed E-state index contributed by atoms with van der Waals surface area (Å²) >= 11 is 1.69. The maximum Gasteiger partial charge on any atom is 0.180 e. The van der Waals surface area contributed by atoms with E-state index < -0.39 is 0 Å². The molecule has 1 fully saturated rings. The van der Waals surface area contributed by atoms with Crippen LogP contribution >= 0.6 is 11.3 Å². The fourth-order valence-electron chi connectivity index (χ4n) is 3.81. The van der Waals surface area contributed by atoms with Crippen LogP contribution in [-0.2, 0) is 12.8 Å². The minimum atomic E-state index is 0.743. The van der Waals surface area contributed by atoms with Crippen molar-refractivity contribution in [1.82, 2.24) is 9.88 Å². The zero-order chi connectivity index (χ0) is 15.6. The number of nitrogens with zero attached hydrogens (tertiary/aromatic N) is 3. The Hall–Kier alpha value is -1.59. The smallest absolute Gasteiger partial charge is 0.180 e. The number of nitrogen functional groups attached to an aromatic ring is 1. The average molecular weight is 328 g/mol. The summed E-state index contributed by atoms with van der Waals surface area (Å²) in [4.78, 5) is 11.0. The lowest BCUT2D eigenvalue weighted by molar-refractivity contribution is 0.209. The molecule has 4 rings (SSSR count). The molecule has 0 bridgehead atoms. The molecule has 2 aliphatic rings. The van der Waals surface area contributed by atoms with E-state index in [1.807, 2.05) is 0 Å². The highest BCUT2D eigenvalue weighted by Crippen LogP contribution is 2.31. The highest BCUT2D eigenvalue weighted by Gasteiger charge is 2.25. The Labute approximate surface area is 141 Å². The van der Waals surface area contributed by atoms with Gasteiger partial charge in [0.25, 0.3) is 0 Å². The molecule has 0 spiro atoms. The van der Waals surface area contributed by atoms with E-state index in [1.54, 1.807) is 11.3 Å². The molecule has 1 aliphatic carbocycles. The summed E-state index contributed by atoms with van der Waals surface area (Å²) in [5, 5.41) is 0.743. The number of benzene rings is 1. The summed E-state index contributed by atoms with van der Waals surface area (Å²) in [7, 11) is 0. The number of aromatic nitrogens is 1. The molecule has 1 aromatic carbocycles. The Kier molecular flexibility index (Phi) is 4.23.